The van der Waals surface area contributed by atoms with Crippen molar-refractivity contribution in [2.45, 2.75) is 32.9 Å². The molecule has 0 amide bonds. The zero-order chi connectivity index (χ0) is 14.0. The van der Waals surface area contributed by atoms with Gasteiger partial charge in [-0.1, -0.05) is 29.3 Å². The number of hydrogen-bond acceptors (Lipinski definition) is 2. The van der Waals surface area contributed by atoms with Crippen molar-refractivity contribution in [2.75, 3.05) is 0 Å². The van der Waals surface area contributed by atoms with E-state index in [4.69, 9.17) is 27.6 Å². The van der Waals surface area contributed by atoms with E-state index in [-0.39, 0.29) is 12.1 Å². The number of rotatable bonds is 4. The van der Waals surface area contributed by atoms with E-state index in [1.54, 1.807) is 6.07 Å². The van der Waals surface area contributed by atoms with Crippen molar-refractivity contribution in [1.29, 1.82) is 0 Å². The van der Waals surface area contributed by atoms with Crippen molar-refractivity contribution in [3.63, 3.8) is 0 Å². The van der Waals surface area contributed by atoms with Crippen LogP contribution in [0.5, 0.6) is 0 Å². The summed E-state index contributed by atoms with van der Waals surface area (Å²) in [4.78, 5) is 0. The molecule has 1 aromatic carbocycles. The van der Waals surface area contributed by atoms with Crippen LogP contribution < -0.4 is 5.32 Å². The first-order valence-electron chi connectivity index (χ1n) is 6.24. The molecule has 0 saturated carbocycles. The first-order valence-corrected chi connectivity index (χ1v) is 7.00. The fourth-order valence-electron chi connectivity index (χ4n) is 2.09. The van der Waals surface area contributed by atoms with Crippen LogP contribution >= 0.6 is 23.2 Å². The van der Waals surface area contributed by atoms with Crippen LogP contribution in [-0.2, 0) is 0 Å². The molecular formula is C15H17Cl2NO. The predicted molar refractivity (Wildman–Crippen MR) is 79.9 cm³/mol. The van der Waals surface area contributed by atoms with E-state index in [1.165, 1.54) is 0 Å². The van der Waals surface area contributed by atoms with Crippen molar-refractivity contribution < 1.29 is 4.42 Å². The first-order chi connectivity index (χ1) is 8.97. The van der Waals surface area contributed by atoms with E-state index in [1.807, 2.05) is 31.2 Å². The summed E-state index contributed by atoms with van der Waals surface area (Å²) in [5, 5.41) is 4.79. The Bertz CT molecular complexity index is 565. The van der Waals surface area contributed by atoms with Gasteiger partial charge in [-0.2, -0.15) is 0 Å². The molecular weight excluding hydrogens is 281 g/mol. The summed E-state index contributed by atoms with van der Waals surface area (Å²) in [6.45, 7) is 6.08. The zero-order valence-electron chi connectivity index (χ0n) is 11.2. The fourth-order valence-corrected chi connectivity index (χ4v) is 2.66. The van der Waals surface area contributed by atoms with E-state index < -0.39 is 0 Å². The largest absolute Gasteiger partial charge is 0.465 e. The van der Waals surface area contributed by atoms with Crippen LogP contribution in [0.3, 0.4) is 0 Å². The molecule has 19 heavy (non-hydrogen) atoms. The van der Waals surface area contributed by atoms with E-state index in [0.717, 1.165) is 17.1 Å². The lowest BCUT2D eigenvalue weighted by molar-refractivity contribution is 0.392. The van der Waals surface area contributed by atoms with Gasteiger partial charge in [-0.25, -0.2) is 0 Å². The minimum absolute atomic E-state index is 0.116. The number of halogens is 2. The number of benzene rings is 1. The summed E-state index contributed by atoms with van der Waals surface area (Å²) in [5.41, 5.74) is 1.03. The number of hydrogen-bond donors (Lipinski definition) is 1. The molecule has 0 bridgehead atoms. The Hall–Kier alpha value is -0.960. The third kappa shape index (κ3) is 3.53. The lowest BCUT2D eigenvalue weighted by atomic mass is 10.1. The lowest BCUT2D eigenvalue weighted by Crippen LogP contribution is -2.22. The SMILES string of the molecule is Cc1ccc(C(C)NC(C)c2ccc(Cl)cc2Cl)o1. The second kappa shape index (κ2) is 6.00. The van der Waals surface area contributed by atoms with Crippen LogP contribution in [0.15, 0.2) is 34.7 Å². The van der Waals surface area contributed by atoms with Gasteiger partial charge in [-0.05, 0) is 50.6 Å². The maximum atomic E-state index is 6.21. The summed E-state index contributed by atoms with van der Waals surface area (Å²) in [5.74, 6) is 1.84. The Morgan fingerprint density at radius 3 is 2.37 bits per heavy atom. The standard InChI is InChI=1S/C15H17Cl2NO/c1-9-4-7-15(19-9)11(3)18-10(2)13-6-5-12(16)8-14(13)17/h4-8,10-11,18H,1-3H3. The monoisotopic (exact) mass is 297 g/mol. The van der Waals surface area contributed by atoms with Gasteiger partial charge in [-0.3, -0.25) is 0 Å². The molecule has 4 heteroatoms. The Labute approximate surface area is 123 Å². The van der Waals surface area contributed by atoms with Gasteiger partial charge in [-0.15, -0.1) is 0 Å². The Morgan fingerprint density at radius 2 is 1.79 bits per heavy atom. The quantitative estimate of drug-likeness (QED) is 0.827. The van der Waals surface area contributed by atoms with Crippen LogP contribution in [0, 0.1) is 6.92 Å². The van der Waals surface area contributed by atoms with E-state index >= 15 is 0 Å². The summed E-state index contributed by atoms with van der Waals surface area (Å²) in [7, 11) is 0. The molecule has 0 aliphatic carbocycles. The van der Waals surface area contributed by atoms with Crippen molar-refractivity contribution in [1.82, 2.24) is 5.32 Å². The third-order valence-electron chi connectivity index (χ3n) is 3.12. The molecule has 0 radical (unpaired) electrons. The Balaban J connectivity index is 2.10. The zero-order valence-corrected chi connectivity index (χ0v) is 12.7. The fraction of sp³-hybridized carbons (Fsp3) is 0.333. The average Bonchev–Trinajstić information content (AvgIpc) is 2.75. The van der Waals surface area contributed by atoms with Crippen LogP contribution in [0.2, 0.25) is 10.0 Å². The predicted octanol–water partition coefficient (Wildman–Crippen LogP) is 5.31. The average molecular weight is 298 g/mol. The number of aryl methyl sites for hydroxylation is 1. The van der Waals surface area contributed by atoms with Gasteiger partial charge in [0.05, 0.1) is 6.04 Å². The lowest BCUT2D eigenvalue weighted by Gasteiger charge is -2.20. The van der Waals surface area contributed by atoms with Gasteiger partial charge in [0, 0.05) is 16.1 Å². The van der Waals surface area contributed by atoms with Gasteiger partial charge in [0.25, 0.3) is 0 Å². The highest BCUT2D eigenvalue weighted by Gasteiger charge is 2.15. The normalized spacial score (nSPS) is 14.4. The molecule has 2 unspecified atom stereocenters. The highest BCUT2D eigenvalue weighted by Crippen LogP contribution is 2.28. The van der Waals surface area contributed by atoms with E-state index in [9.17, 15) is 0 Å². The maximum Gasteiger partial charge on any atom is 0.120 e. The van der Waals surface area contributed by atoms with Crippen LogP contribution in [0.1, 0.15) is 43.0 Å². The molecule has 0 aliphatic rings. The summed E-state index contributed by atoms with van der Waals surface area (Å²) in [6, 6.07) is 9.75. The second-order valence-electron chi connectivity index (χ2n) is 4.72. The maximum absolute atomic E-state index is 6.21. The van der Waals surface area contributed by atoms with Gasteiger partial charge in [0.15, 0.2) is 0 Å². The van der Waals surface area contributed by atoms with E-state index in [2.05, 4.69) is 19.2 Å². The van der Waals surface area contributed by atoms with E-state index in [0.29, 0.717) is 10.0 Å². The molecule has 2 atom stereocenters. The molecule has 2 nitrogen and oxygen atoms in total. The van der Waals surface area contributed by atoms with Gasteiger partial charge < -0.3 is 9.73 Å². The topological polar surface area (TPSA) is 25.2 Å². The van der Waals surface area contributed by atoms with Crippen LogP contribution in [0.25, 0.3) is 0 Å². The first kappa shape index (κ1) is 14.4. The third-order valence-corrected chi connectivity index (χ3v) is 3.68. The second-order valence-corrected chi connectivity index (χ2v) is 5.57. The van der Waals surface area contributed by atoms with Crippen LogP contribution in [-0.4, -0.2) is 0 Å². The number of nitrogens with one attached hydrogen (secondary N) is 1. The highest BCUT2D eigenvalue weighted by molar-refractivity contribution is 6.35. The minimum atomic E-state index is 0.116. The van der Waals surface area contributed by atoms with Crippen molar-refractivity contribution >= 4 is 23.2 Å². The van der Waals surface area contributed by atoms with Gasteiger partial charge in [0.1, 0.15) is 11.5 Å². The minimum Gasteiger partial charge on any atom is -0.465 e. The molecule has 1 aromatic heterocycles. The molecule has 0 aliphatic heterocycles. The highest BCUT2D eigenvalue weighted by atomic mass is 35.5. The molecule has 0 saturated heterocycles. The molecule has 102 valence electrons. The van der Waals surface area contributed by atoms with Crippen molar-refractivity contribution in [2.24, 2.45) is 0 Å². The Morgan fingerprint density at radius 1 is 1.05 bits per heavy atom. The smallest absolute Gasteiger partial charge is 0.120 e. The summed E-state index contributed by atoms with van der Waals surface area (Å²) >= 11 is 12.1. The number of furan rings is 1. The van der Waals surface area contributed by atoms with Crippen molar-refractivity contribution in [3.05, 3.63) is 57.5 Å². The molecule has 2 aromatic rings. The molecule has 0 fully saturated rings. The molecule has 0 spiro atoms. The Kier molecular flexibility index (Phi) is 4.56. The van der Waals surface area contributed by atoms with Crippen molar-refractivity contribution in [3.8, 4) is 0 Å². The molecule has 2 rings (SSSR count). The van der Waals surface area contributed by atoms with Crippen LogP contribution in [0.4, 0.5) is 0 Å². The molecule has 1 N–H and O–H groups in total. The van der Waals surface area contributed by atoms with Gasteiger partial charge >= 0.3 is 0 Å². The molecule has 1 heterocycles. The van der Waals surface area contributed by atoms with Gasteiger partial charge in [0.2, 0.25) is 0 Å². The summed E-state index contributed by atoms with van der Waals surface area (Å²) < 4.78 is 5.61. The summed E-state index contributed by atoms with van der Waals surface area (Å²) in [6.07, 6.45) is 0.